The van der Waals surface area contributed by atoms with E-state index in [1.807, 2.05) is 31.3 Å². The van der Waals surface area contributed by atoms with Crippen LogP contribution in [0.15, 0.2) is 24.3 Å². The minimum atomic E-state index is -0.289. The number of carbonyl (C=O) groups excluding carboxylic acids is 1. The molecule has 0 bridgehead atoms. The summed E-state index contributed by atoms with van der Waals surface area (Å²) >= 11 is 0. The van der Waals surface area contributed by atoms with Crippen molar-refractivity contribution in [2.45, 2.75) is 6.42 Å². The zero-order valence-corrected chi connectivity index (χ0v) is 9.81. The second-order valence-electron chi connectivity index (χ2n) is 4.52. The summed E-state index contributed by atoms with van der Waals surface area (Å²) in [5, 5.41) is 0. The third-order valence-corrected chi connectivity index (χ3v) is 3.41. The zero-order valence-electron chi connectivity index (χ0n) is 9.81. The number of rotatable bonds is 0. The maximum Gasteiger partial charge on any atom is 0.418 e. The Bertz CT molecular complexity index is 418. The van der Waals surface area contributed by atoms with Gasteiger partial charge in [-0.25, -0.2) is 9.28 Å². The van der Waals surface area contributed by atoms with Crippen LogP contribution in [-0.2, 0) is 0 Å². The number of amides is 2. The first-order valence-electron chi connectivity index (χ1n) is 5.52. The summed E-state index contributed by atoms with van der Waals surface area (Å²) in [6.45, 7) is 1.72. The first kappa shape index (κ1) is 11.0. The van der Waals surface area contributed by atoms with Gasteiger partial charge in [-0.05, 0) is 6.07 Å². The average Bonchev–Trinajstić information content (AvgIpc) is 2.40. The van der Waals surface area contributed by atoms with Crippen LogP contribution in [0.1, 0.15) is 6.42 Å². The number of para-hydroxylation sites is 2. The number of quaternary nitrogens is 1. The molecule has 0 spiro atoms. The molecular formula is C12H18N3O+. The Labute approximate surface area is 95.8 Å². The largest absolute Gasteiger partial charge is 0.418 e. The molecule has 1 unspecified atom stereocenters. The Morgan fingerprint density at radius 1 is 1.44 bits per heavy atom. The molecule has 2 rings (SSSR count). The third kappa shape index (κ3) is 1.55. The van der Waals surface area contributed by atoms with Gasteiger partial charge in [0.05, 0.1) is 19.3 Å². The monoisotopic (exact) mass is 220 g/mol. The molecule has 1 aliphatic heterocycles. The van der Waals surface area contributed by atoms with Crippen molar-refractivity contribution >= 4 is 17.4 Å². The lowest BCUT2D eigenvalue weighted by molar-refractivity contribution is 0.219. The predicted molar refractivity (Wildman–Crippen MR) is 66.5 cm³/mol. The van der Waals surface area contributed by atoms with E-state index in [1.54, 1.807) is 0 Å². The molecule has 4 heteroatoms. The SMILES string of the molecule is CN1CCC[N+](C)(C(N)=O)c2ccccc21. The van der Waals surface area contributed by atoms with Gasteiger partial charge in [0.1, 0.15) is 0 Å². The predicted octanol–water partition coefficient (Wildman–Crippen LogP) is 1.54. The van der Waals surface area contributed by atoms with Crippen molar-refractivity contribution < 1.29 is 4.79 Å². The fourth-order valence-corrected chi connectivity index (χ4v) is 2.30. The molecular weight excluding hydrogens is 202 g/mol. The molecule has 0 aromatic heterocycles. The van der Waals surface area contributed by atoms with Crippen LogP contribution in [0.4, 0.5) is 16.2 Å². The first-order valence-corrected chi connectivity index (χ1v) is 5.52. The Hall–Kier alpha value is -1.55. The van der Waals surface area contributed by atoms with Crippen molar-refractivity contribution in [2.75, 3.05) is 32.1 Å². The Morgan fingerprint density at radius 2 is 2.12 bits per heavy atom. The van der Waals surface area contributed by atoms with E-state index < -0.39 is 0 Å². The molecule has 0 saturated heterocycles. The van der Waals surface area contributed by atoms with E-state index in [0.29, 0.717) is 0 Å². The second kappa shape index (κ2) is 3.79. The number of hydrogen-bond donors (Lipinski definition) is 1. The number of urea groups is 1. The van der Waals surface area contributed by atoms with Gasteiger partial charge >= 0.3 is 6.03 Å². The van der Waals surface area contributed by atoms with Gasteiger partial charge in [0, 0.05) is 26.1 Å². The highest BCUT2D eigenvalue weighted by atomic mass is 16.2. The smallest absolute Gasteiger partial charge is 0.370 e. The summed E-state index contributed by atoms with van der Waals surface area (Å²) < 4.78 is 0.195. The molecule has 1 aromatic carbocycles. The van der Waals surface area contributed by atoms with Gasteiger partial charge < -0.3 is 10.6 Å². The molecule has 1 heterocycles. The second-order valence-corrected chi connectivity index (χ2v) is 4.52. The van der Waals surface area contributed by atoms with Gasteiger partial charge in [-0.2, -0.15) is 0 Å². The van der Waals surface area contributed by atoms with Gasteiger partial charge in [-0.1, -0.05) is 12.1 Å². The van der Waals surface area contributed by atoms with Crippen LogP contribution in [0.5, 0.6) is 0 Å². The van der Waals surface area contributed by atoms with Gasteiger partial charge in [-0.15, -0.1) is 0 Å². The van der Waals surface area contributed by atoms with Crippen molar-refractivity contribution in [3.8, 4) is 0 Å². The van der Waals surface area contributed by atoms with Crippen molar-refractivity contribution in [3.63, 3.8) is 0 Å². The molecule has 1 aliphatic rings. The highest BCUT2D eigenvalue weighted by molar-refractivity contribution is 5.89. The molecule has 0 saturated carbocycles. The summed E-state index contributed by atoms with van der Waals surface area (Å²) in [6, 6.07) is 7.69. The van der Waals surface area contributed by atoms with E-state index >= 15 is 0 Å². The normalized spacial score (nSPS) is 24.8. The molecule has 2 amide bonds. The maximum absolute atomic E-state index is 11.7. The van der Waals surface area contributed by atoms with Crippen molar-refractivity contribution in [1.29, 1.82) is 0 Å². The van der Waals surface area contributed by atoms with Crippen LogP contribution in [0.25, 0.3) is 0 Å². The van der Waals surface area contributed by atoms with Crippen LogP contribution >= 0.6 is 0 Å². The Balaban J connectivity index is 2.59. The summed E-state index contributed by atoms with van der Waals surface area (Å²) in [6.07, 6.45) is 0.963. The lowest BCUT2D eigenvalue weighted by atomic mass is 10.2. The number of primary amides is 1. The number of fused-ring (bicyclic) bond motifs is 1. The summed E-state index contributed by atoms with van der Waals surface area (Å²) in [5.74, 6) is 0. The standard InChI is InChI=1S/C12H17N3O/c1-14-8-5-9-15(2,12(13)16)11-7-4-3-6-10(11)14/h3-4,6-7H,5,8-9H2,1-2H3,(H-,13,16)/p+1. The fourth-order valence-electron chi connectivity index (χ4n) is 2.30. The van der Waals surface area contributed by atoms with E-state index in [0.717, 1.165) is 30.9 Å². The molecule has 1 atom stereocenters. The number of anilines is 1. The van der Waals surface area contributed by atoms with Crippen LogP contribution in [-0.4, -0.2) is 33.2 Å². The topological polar surface area (TPSA) is 46.3 Å². The molecule has 1 aromatic rings. The summed E-state index contributed by atoms with van der Waals surface area (Å²) in [5.41, 5.74) is 7.64. The van der Waals surface area contributed by atoms with Crippen molar-refractivity contribution in [1.82, 2.24) is 4.48 Å². The number of carbonyl (C=O) groups is 1. The highest BCUT2D eigenvalue weighted by Gasteiger charge is 2.36. The summed E-state index contributed by atoms with van der Waals surface area (Å²) in [4.78, 5) is 13.9. The van der Waals surface area contributed by atoms with Crippen molar-refractivity contribution in [2.24, 2.45) is 5.73 Å². The van der Waals surface area contributed by atoms with Gasteiger partial charge in [0.15, 0.2) is 5.69 Å². The highest BCUT2D eigenvalue weighted by Crippen LogP contribution is 2.34. The summed E-state index contributed by atoms with van der Waals surface area (Å²) in [7, 11) is 3.94. The van der Waals surface area contributed by atoms with Crippen LogP contribution < -0.4 is 15.1 Å². The first-order chi connectivity index (χ1) is 7.55. The van der Waals surface area contributed by atoms with Crippen molar-refractivity contribution in [3.05, 3.63) is 24.3 Å². The number of nitrogens with two attached hydrogens (primary N) is 1. The molecule has 16 heavy (non-hydrogen) atoms. The van der Waals surface area contributed by atoms with Crippen LogP contribution in [0.2, 0.25) is 0 Å². The lowest BCUT2D eigenvalue weighted by Gasteiger charge is -2.29. The van der Waals surface area contributed by atoms with E-state index in [4.69, 9.17) is 5.73 Å². The van der Waals surface area contributed by atoms with Gasteiger partial charge in [-0.3, -0.25) is 0 Å². The van der Waals surface area contributed by atoms with Gasteiger partial charge in [0.2, 0.25) is 0 Å². The number of nitrogens with zero attached hydrogens (tertiary/aromatic N) is 2. The minimum Gasteiger partial charge on any atom is -0.370 e. The molecule has 0 radical (unpaired) electrons. The van der Waals surface area contributed by atoms with E-state index in [-0.39, 0.29) is 10.5 Å². The third-order valence-electron chi connectivity index (χ3n) is 3.41. The fraction of sp³-hybridized carbons (Fsp3) is 0.417. The maximum atomic E-state index is 11.7. The number of benzene rings is 1. The average molecular weight is 220 g/mol. The van der Waals surface area contributed by atoms with E-state index in [1.165, 1.54) is 0 Å². The zero-order chi connectivity index (χ0) is 11.8. The quantitative estimate of drug-likeness (QED) is 0.674. The lowest BCUT2D eigenvalue weighted by Crippen LogP contribution is -2.54. The van der Waals surface area contributed by atoms with Crippen LogP contribution in [0.3, 0.4) is 0 Å². The Kier molecular flexibility index (Phi) is 2.59. The molecule has 0 fully saturated rings. The minimum absolute atomic E-state index is 0.195. The Morgan fingerprint density at radius 3 is 2.81 bits per heavy atom. The molecule has 86 valence electrons. The molecule has 2 N–H and O–H groups in total. The van der Waals surface area contributed by atoms with Gasteiger partial charge in [0.25, 0.3) is 0 Å². The van der Waals surface area contributed by atoms with E-state index in [9.17, 15) is 4.79 Å². The molecule has 4 nitrogen and oxygen atoms in total. The van der Waals surface area contributed by atoms with Crippen LogP contribution in [0, 0.1) is 0 Å². The van der Waals surface area contributed by atoms with E-state index in [2.05, 4.69) is 11.9 Å². The molecule has 0 aliphatic carbocycles. The number of hydrogen-bond acceptors (Lipinski definition) is 2.